The van der Waals surface area contributed by atoms with Crippen molar-refractivity contribution in [1.82, 2.24) is 5.32 Å². The molecule has 1 atom stereocenters. The zero-order valence-electron chi connectivity index (χ0n) is 17.0. The van der Waals surface area contributed by atoms with Gasteiger partial charge in [0.05, 0.1) is 0 Å². The standard InChI is InChI=1S/C27H26ClNO/c28-25-12-8-21(9-13-25)18-20-6-10-23(11-7-20)27(30)15-14-26-19-24(16-17-29-26)22-4-2-1-3-5-22/h1-13,16,26,29H,14-15,17-19H2. The number of ketones is 1. The molecule has 30 heavy (non-hydrogen) atoms. The molecule has 1 unspecified atom stereocenters. The average Bonchev–Trinajstić information content (AvgIpc) is 2.80. The van der Waals surface area contributed by atoms with Crippen molar-refractivity contribution in [3.8, 4) is 0 Å². The first-order chi connectivity index (χ1) is 14.7. The van der Waals surface area contributed by atoms with Crippen LogP contribution in [-0.2, 0) is 6.42 Å². The lowest BCUT2D eigenvalue weighted by Crippen LogP contribution is -2.33. The minimum Gasteiger partial charge on any atom is -0.310 e. The predicted molar refractivity (Wildman–Crippen MR) is 125 cm³/mol. The Labute approximate surface area is 183 Å². The number of benzene rings is 3. The van der Waals surface area contributed by atoms with E-state index in [2.05, 4.69) is 47.8 Å². The quantitative estimate of drug-likeness (QED) is 0.456. The molecule has 1 N–H and O–H groups in total. The highest BCUT2D eigenvalue weighted by Gasteiger charge is 2.17. The molecule has 2 nitrogen and oxygen atoms in total. The summed E-state index contributed by atoms with van der Waals surface area (Å²) in [6.07, 6.45) is 5.49. The van der Waals surface area contributed by atoms with Gasteiger partial charge in [0.25, 0.3) is 0 Å². The van der Waals surface area contributed by atoms with Gasteiger partial charge < -0.3 is 5.32 Å². The van der Waals surface area contributed by atoms with Gasteiger partial charge in [0.1, 0.15) is 0 Å². The minimum absolute atomic E-state index is 0.214. The van der Waals surface area contributed by atoms with Crippen molar-refractivity contribution >= 4 is 23.0 Å². The van der Waals surface area contributed by atoms with Crippen LogP contribution in [0.2, 0.25) is 5.02 Å². The highest BCUT2D eigenvalue weighted by atomic mass is 35.5. The van der Waals surface area contributed by atoms with Crippen LogP contribution in [0.15, 0.2) is 84.9 Å². The lowest BCUT2D eigenvalue weighted by molar-refractivity contribution is 0.0976. The van der Waals surface area contributed by atoms with Crippen LogP contribution in [0.25, 0.3) is 5.57 Å². The molecule has 1 aliphatic heterocycles. The normalized spacial score (nSPS) is 16.2. The molecule has 0 saturated heterocycles. The van der Waals surface area contributed by atoms with E-state index in [4.69, 9.17) is 11.6 Å². The number of halogens is 1. The van der Waals surface area contributed by atoms with E-state index in [-0.39, 0.29) is 5.78 Å². The van der Waals surface area contributed by atoms with Gasteiger partial charge >= 0.3 is 0 Å². The first-order valence-electron chi connectivity index (χ1n) is 10.5. The largest absolute Gasteiger partial charge is 0.310 e. The van der Waals surface area contributed by atoms with Gasteiger partial charge in [0.15, 0.2) is 5.78 Å². The van der Waals surface area contributed by atoms with E-state index in [1.807, 2.05) is 42.5 Å². The van der Waals surface area contributed by atoms with Crippen LogP contribution < -0.4 is 5.32 Å². The Morgan fingerprint density at radius 1 is 0.900 bits per heavy atom. The zero-order valence-corrected chi connectivity index (χ0v) is 17.7. The van der Waals surface area contributed by atoms with Crippen molar-refractivity contribution in [1.29, 1.82) is 0 Å². The molecule has 0 amide bonds. The molecule has 1 aliphatic rings. The highest BCUT2D eigenvalue weighted by molar-refractivity contribution is 6.30. The predicted octanol–water partition coefficient (Wildman–Crippen LogP) is 6.34. The third-order valence-electron chi connectivity index (χ3n) is 5.68. The van der Waals surface area contributed by atoms with Gasteiger partial charge in [-0.15, -0.1) is 0 Å². The fourth-order valence-corrected chi connectivity index (χ4v) is 4.08. The van der Waals surface area contributed by atoms with E-state index in [1.165, 1.54) is 22.3 Å². The maximum Gasteiger partial charge on any atom is 0.162 e. The smallest absolute Gasteiger partial charge is 0.162 e. The fourth-order valence-electron chi connectivity index (χ4n) is 3.96. The van der Waals surface area contributed by atoms with E-state index in [1.54, 1.807) is 0 Å². The summed E-state index contributed by atoms with van der Waals surface area (Å²) in [6, 6.07) is 26.8. The summed E-state index contributed by atoms with van der Waals surface area (Å²) in [4.78, 5) is 12.7. The van der Waals surface area contributed by atoms with Crippen molar-refractivity contribution in [2.24, 2.45) is 0 Å². The summed E-state index contributed by atoms with van der Waals surface area (Å²) >= 11 is 5.95. The summed E-state index contributed by atoms with van der Waals surface area (Å²) in [5.41, 5.74) is 5.86. The topological polar surface area (TPSA) is 29.1 Å². The van der Waals surface area contributed by atoms with E-state index >= 15 is 0 Å². The maximum absolute atomic E-state index is 12.7. The van der Waals surface area contributed by atoms with Gasteiger partial charge in [0.2, 0.25) is 0 Å². The van der Waals surface area contributed by atoms with Crippen molar-refractivity contribution in [2.75, 3.05) is 6.54 Å². The summed E-state index contributed by atoms with van der Waals surface area (Å²) in [6.45, 7) is 0.864. The van der Waals surface area contributed by atoms with Crippen LogP contribution in [0.5, 0.6) is 0 Å². The Bertz CT molecular complexity index is 1010. The number of nitrogens with one attached hydrogen (secondary N) is 1. The third-order valence-corrected chi connectivity index (χ3v) is 5.94. The van der Waals surface area contributed by atoms with Gasteiger partial charge in [-0.05, 0) is 53.7 Å². The van der Waals surface area contributed by atoms with E-state index in [9.17, 15) is 4.79 Å². The molecule has 0 bridgehead atoms. The Balaban J connectivity index is 1.30. The lowest BCUT2D eigenvalue weighted by Gasteiger charge is -2.24. The second-order valence-corrected chi connectivity index (χ2v) is 8.30. The van der Waals surface area contributed by atoms with Crippen LogP contribution in [-0.4, -0.2) is 18.4 Å². The van der Waals surface area contributed by atoms with Crippen LogP contribution in [0.1, 0.15) is 46.3 Å². The zero-order chi connectivity index (χ0) is 20.8. The van der Waals surface area contributed by atoms with Gasteiger partial charge in [0, 0.05) is 29.6 Å². The van der Waals surface area contributed by atoms with Gasteiger partial charge in [-0.2, -0.15) is 0 Å². The molecule has 0 saturated carbocycles. The number of carbonyl (C=O) groups is 1. The molecule has 3 aromatic rings. The Morgan fingerprint density at radius 3 is 2.27 bits per heavy atom. The maximum atomic E-state index is 12.7. The molecule has 0 aliphatic carbocycles. The van der Waals surface area contributed by atoms with Crippen LogP contribution >= 0.6 is 11.6 Å². The number of carbonyl (C=O) groups excluding carboxylic acids is 1. The van der Waals surface area contributed by atoms with Crippen molar-refractivity contribution < 1.29 is 4.79 Å². The van der Waals surface area contributed by atoms with Gasteiger partial charge in [-0.1, -0.05) is 84.4 Å². The number of rotatable bonds is 7. The molecular weight excluding hydrogens is 390 g/mol. The first-order valence-corrected chi connectivity index (χ1v) is 10.9. The molecule has 0 aromatic heterocycles. The SMILES string of the molecule is O=C(CCC1CC(c2ccccc2)=CCN1)c1ccc(Cc2ccc(Cl)cc2)cc1. The molecule has 3 aromatic carbocycles. The van der Waals surface area contributed by atoms with Crippen LogP contribution in [0, 0.1) is 0 Å². The molecule has 0 radical (unpaired) electrons. The average molecular weight is 416 g/mol. The van der Waals surface area contributed by atoms with Gasteiger partial charge in [-0.25, -0.2) is 0 Å². The Morgan fingerprint density at radius 2 is 1.57 bits per heavy atom. The lowest BCUT2D eigenvalue weighted by atomic mass is 9.92. The molecule has 1 heterocycles. The summed E-state index contributed by atoms with van der Waals surface area (Å²) in [7, 11) is 0. The molecular formula is C27H26ClNO. The first kappa shape index (κ1) is 20.6. The number of hydrogen-bond acceptors (Lipinski definition) is 2. The minimum atomic E-state index is 0.214. The van der Waals surface area contributed by atoms with Crippen molar-refractivity contribution in [2.45, 2.75) is 31.7 Å². The fraction of sp³-hybridized carbons (Fsp3) is 0.222. The molecule has 3 heteroatoms. The summed E-state index contributed by atoms with van der Waals surface area (Å²) in [5.74, 6) is 0.214. The Kier molecular flexibility index (Phi) is 6.78. The molecule has 4 rings (SSSR count). The summed E-state index contributed by atoms with van der Waals surface area (Å²) < 4.78 is 0. The van der Waals surface area contributed by atoms with Crippen LogP contribution in [0.4, 0.5) is 0 Å². The van der Waals surface area contributed by atoms with E-state index < -0.39 is 0 Å². The molecule has 0 spiro atoms. The number of Topliss-reactive ketones (excluding diaryl/α,β-unsaturated/α-hetero) is 1. The summed E-state index contributed by atoms with van der Waals surface area (Å²) in [5, 5.41) is 4.28. The van der Waals surface area contributed by atoms with E-state index in [0.717, 1.165) is 36.4 Å². The van der Waals surface area contributed by atoms with Crippen molar-refractivity contribution in [3.05, 3.63) is 112 Å². The Hall–Kier alpha value is -2.68. The third kappa shape index (κ3) is 5.47. The second kappa shape index (κ2) is 9.88. The van der Waals surface area contributed by atoms with Gasteiger partial charge in [-0.3, -0.25) is 4.79 Å². The van der Waals surface area contributed by atoms with Crippen LogP contribution in [0.3, 0.4) is 0 Å². The monoisotopic (exact) mass is 415 g/mol. The molecule has 152 valence electrons. The number of hydrogen-bond donors (Lipinski definition) is 1. The second-order valence-electron chi connectivity index (χ2n) is 7.87. The molecule has 0 fully saturated rings. The highest BCUT2D eigenvalue weighted by Crippen LogP contribution is 2.24. The van der Waals surface area contributed by atoms with E-state index in [0.29, 0.717) is 12.5 Å². The van der Waals surface area contributed by atoms with Crippen molar-refractivity contribution in [3.63, 3.8) is 0 Å².